The number of amides is 3. The summed E-state index contributed by atoms with van der Waals surface area (Å²) in [6.45, 7) is 8.09. The van der Waals surface area contributed by atoms with Gasteiger partial charge in [0.15, 0.2) is 0 Å². The van der Waals surface area contributed by atoms with Gasteiger partial charge in [0.05, 0.1) is 67.0 Å². The van der Waals surface area contributed by atoms with Crippen LogP contribution in [0, 0.1) is 0 Å². The van der Waals surface area contributed by atoms with Crippen molar-refractivity contribution in [3.63, 3.8) is 0 Å². The highest BCUT2D eigenvalue weighted by molar-refractivity contribution is 6.07. The number of aromatic carboxylic acids is 1. The van der Waals surface area contributed by atoms with E-state index < -0.39 is 46.8 Å². The molecule has 2 fully saturated rings. The molecule has 4 N–H and O–H groups in total. The summed E-state index contributed by atoms with van der Waals surface area (Å²) in [5.41, 5.74) is 1.07. The van der Waals surface area contributed by atoms with Crippen LogP contribution in [0.4, 0.5) is 44.3 Å². The number of carboxylic acids is 1. The van der Waals surface area contributed by atoms with E-state index in [0.29, 0.717) is 81.4 Å². The first-order valence-corrected chi connectivity index (χ1v) is 27.9. The molecule has 0 unspecified atom stereocenters. The number of rotatable bonds is 8. The Morgan fingerprint density at radius 3 is 1.17 bits per heavy atom. The zero-order valence-corrected chi connectivity index (χ0v) is 47.6. The van der Waals surface area contributed by atoms with Crippen LogP contribution in [-0.4, -0.2) is 92.7 Å². The predicted molar refractivity (Wildman–Crippen MR) is 315 cm³/mol. The number of likely N-dealkylation sites (tertiary alicyclic amines) is 1. The largest absolute Gasteiger partial charge is 0.478 e. The second kappa shape index (κ2) is 26.3. The molecule has 2 saturated heterocycles. The van der Waals surface area contributed by atoms with Gasteiger partial charge in [0.1, 0.15) is 5.60 Å². The Balaban J connectivity index is 0.000000161. The molecule has 22 heteroatoms. The van der Waals surface area contributed by atoms with Crippen molar-refractivity contribution in [3.8, 4) is 33.8 Å². The number of benzene rings is 6. The van der Waals surface area contributed by atoms with Crippen LogP contribution in [0.15, 0.2) is 164 Å². The van der Waals surface area contributed by atoms with E-state index in [4.69, 9.17) is 4.74 Å². The van der Waals surface area contributed by atoms with E-state index in [9.17, 15) is 63.8 Å². The Morgan fingerprint density at radius 1 is 0.477 bits per heavy atom. The second-order valence-corrected chi connectivity index (χ2v) is 22.0. The molecule has 6 aromatic carbocycles. The van der Waals surface area contributed by atoms with Crippen molar-refractivity contribution in [1.82, 2.24) is 35.8 Å². The molecule has 3 aromatic heterocycles. The molecule has 0 spiro atoms. The molecular formula is C66H58F9N7O6. The standard InChI is InChI=1S/C27H28F3N3O3.C22H20F3N3O.C17H10F3NO2/c1-26(2,3)36-25(35)33-14-12-20(13-15-33)31-24(34)21-9-5-6-17-10-11-22(32-23(17)21)18-7-4-8-19(16-18)27(28,29)30;23-22(24,25)16-5-1-4-15(13-16)19-8-7-14-3-2-6-18(20(14)28-19)21(29)27-17-9-11-26-12-10-17;18-17(19,20)12-5-1-4-11(9-12)14-8-7-10-3-2-6-13(16(22)23)15(10)21-14/h4-11,16,20H,12-15H2,1-3H3,(H,31,34);1-8,13,17,26H,9-12H2,(H,27,29);1-9H,(H,22,23). The minimum atomic E-state index is -4.46. The fraction of sp³-hybridized carbons (Fsp3) is 0.258. The lowest BCUT2D eigenvalue weighted by molar-refractivity contribution is -0.138. The van der Waals surface area contributed by atoms with Crippen molar-refractivity contribution in [1.29, 1.82) is 0 Å². The summed E-state index contributed by atoms with van der Waals surface area (Å²) in [4.78, 5) is 64.5. The van der Waals surface area contributed by atoms with Gasteiger partial charge in [0.25, 0.3) is 11.8 Å². The minimum absolute atomic E-state index is 0.0105. The minimum Gasteiger partial charge on any atom is -0.478 e. The maximum absolute atomic E-state index is 13.2. The molecule has 88 heavy (non-hydrogen) atoms. The normalized spacial score (nSPS) is 14.3. The molecule has 5 heterocycles. The number of hydrogen-bond acceptors (Lipinski definition) is 9. The van der Waals surface area contributed by atoms with Gasteiger partial charge in [0.2, 0.25) is 0 Å². The molecule has 2 aliphatic heterocycles. The van der Waals surface area contributed by atoms with Crippen molar-refractivity contribution in [3.05, 3.63) is 197 Å². The number of halogens is 9. The molecule has 0 saturated carbocycles. The Kier molecular flexibility index (Phi) is 18.8. The summed E-state index contributed by atoms with van der Waals surface area (Å²) in [5.74, 6) is -1.66. The number of alkyl halides is 9. The summed E-state index contributed by atoms with van der Waals surface area (Å²) in [6.07, 6.45) is -10.8. The highest BCUT2D eigenvalue weighted by atomic mass is 19.4. The maximum atomic E-state index is 13.2. The topological polar surface area (TPSA) is 176 Å². The van der Waals surface area contributed by atoms with Crippen LogP contribution in [0.25, 0.3) is 66.5 Å². The van der Waals surface area contributed by atoms with Gasteiger partial charge in [0, 0.05) is 58.0 Å². The van der Waals surface area contributed by atoms with E-state index in [2.05, 4.69) is 30.9 Å². The SMILES string of the molecule is CC(C)(C)OC(=O)N1CCC(NC(=O)c2cccc3ccc(-c4cccc(C(F)(F)F)c4)nc23)CC1.O=C(NC1CCNCC1)c1cccc2ccc(-c3cccc(C(F)(F)F)c3)nc12.O=C(O)c1cccc2ccc(-c3cccc(C(F)(F)F)c3)nc12. The third-order valence-corrected chi connectivity index (χ3v) is 14.5. The van der Waals surface area contributed by atoms with E-state index in [1.165, 1.54) is 30.3 Å². The zero-order valence-electron chi connectivity index (χ0n) is 47.6. The van der Waals surface area contributed by atoms with Crippen LogP contribution in [0.5, 0.6) is 0 Å². The second-order valence-electron chi connectivity index (χ2n) is 22.0. The number of carbonyl (C=O) groups is 4. The summed E-state index contributed by atoms with van der Waals surface area (Å²) >= 11 is 0. The number of carbonyl (C=O) groups excluding carboxylic acids is 3. The van der Waals surface area contributed by atoms with Gasteiger partial charge in [-0.05, 0) is 132 Å². The third kappa shape index (κ3) is 15.8. The number of piperidine rings is 2. The van der Waals surface area contributed by atoms with Gasteiger partial charge in [-0.25, -0.2) is 24.5 Å². The Labute approximate surface area is 499 Å². The first-order valence-electron chi connectivity index (χ1n) is 27.9. The Bertz CT molecular complexity index is 4040. The van der Waals surface area contributed by atoms with Crippen molar-refractivity contribution in [2.45, 2.75) is 82.7 Å². The highest BCUT2D eigenvalue weighted by Crippen LogP contribution is 2.36. The number of pyridine rings is 3. The van der Waals surface area contributed by atoms with E-state index in [1.54, 1.807) is 95.9 Å². The number of nitrogens with one attached hydrogen (secondary N) is 3. The molecule has 11 rings (SSSR count). The van der Waals surface area contributed by atoms with Gasteiger partial charge < -0.3 is 30.7 Å². The Morgan fingerprint density at radius 2 is 0.818 bits per heavy atom. The zero-order chi connectivity index (χ0) is 63.1. The van der Waals surface area contributed by atoms with Crippen LogP contribution in [0.1, 0.15) is 94.2 Å². The number of ether oxygens (including phenoxy) is 1. The molecule has 0 aliphatic carbocycles. The van der Waals surface area contributed by atoms with Crippen LogP contribution in [0.3, 0.4) is 0 Å². The van der Waals surface area contributed by atoms with Crippen LogP contribution in [-0.2, 0) is 23.3 Å². The molecular weight excluding hydrogens is 1160 g/mol. The van der Waals surface area contributed by atoms with Crippen LogP contribution in [0.2, 0.25) is 0 Å². The van der Waals surface area contributed by atoms with Gasteiger partial charge >= 0.3 is 30.6 Å². The molecule has 13 nitrogen and oxygen atoms in total. The van der Waals surface area contributed by atoms with Crippen molar-refractivity contribution in [2.24, 2.45) is 0 Å². The molecule has 3 amide bonds. The third-order valence-electron chi connectivity index (χ3n) is 14.5. The maximum Gasteiger partial charge on any atom is 0.416 e. The first kappa shape index (κ1) is 63.1. The van der Waals surface area contributed by atoms with Crippen molar-refractivity contribution in [2.75, 3.05) is 26.2 Å². The predicted octanol–water partition coefficient (Wildman–Crippen LogP) is 15.1. The smallest absolute Gasteiger partial charge is 0.416 e. The van der Waals surface area contributed by atoms with E-state index in [1.807, 2.05) is 26.8 Å². The summed E-state index contributed by atoms with van der Waals surface area (Å²) in [5, 5.41) is 20.6. The van der Waals surface area contributed by atoms with Crippen LogP contribution >= 0.6 is 0 Å². The molecule has 456 valence electrons. The number of nitrogens with zero attached hydrogens (tertiary/aromatic N) is 4. The number of para-hydroxylation sites is 3. The lowest BCUT2D eigenvalue weighted by atomic mass is 10.0. The van der Waals surface area contributed by atoms with E-state index in [-0.39, 0.29) is 52.3 Å². The lowest BCUT2D eigenvalue weighted by Gasteiger charge is -2.33. The number of hydrogen-bond donors (Lipinski definition) is 4. The average Bonchev–Trinajstić information content (AvgIpc) is 3.03. The summed E-state index contributed by atoms with van der Waals surface area (Å²) in [7, 11) is 0. The van der Waals surface area contributed by atoms with Crippen molar-refractivity contribution < 1.29 is 68.5 Å². The van der Waals surface area contributed by atoms with Crippen molar-refractivity contribution >= 4 is 56.6 Å². The lowest BCUT2D eigenvalue weighted by Crippen LogP contribution is -2.47. The van der Waals surface area contributed by atoms with Crippen LogP contribution < -0.4 is 16.0 Å². The fourth-order valence-electron chi connectivity index (χ4n) is 10.1. The Hall–Kier alpha value is -9.44. The average molecular weight is 1220 g/mol. The number of carboxylic acid groups (broad SMARTS) is 1. The van der Waals surface area contributed by atoms with E-state index >= 15 is 0 Å². The molecule has 0 radical (unpaired) electrons. The summed E-state index contributed by atoms with van der Waals surface area (Å²) in [6, 6.07) is 40.0. The van der Waals surface area contributed by atoms with Gasteiger partial charge in [-0.3, -0.25) is 9.59 Å². The highest BCUT2D eigenvalue weighted by Gasteiger charge is 2.34. The van der Waals surface area contributed by atoms with E-state index in [0.717, 1.165) is 67.7 Å². The number of aromatic nitrogens is 3. The van der Waals surface area contributed by atoms with Gasteiger partial charge in [-0.1, -0.05) is 91.0 Å². The molecule has 0 bridgehead atoms. The molecule has 0 atom stereocenters. The van der Waals surface area contributed by atoms with Gasteiger partial charge in [-0.15, -0.1) is 0 Å². The molecule has 9 aromatic rings. The number of fused-ring (bicyclic) bond motifs is 3. The van der Waals surface area contributed by atoms with Gasteiger partial charge in [-0.2, -0.15) is 39.5 Å². The molecule has 2 aliphatic rings. The summed E-state index contributed by atoms with van der Waals surface area (Å²) < 4.78 is 122. The monoisotopic (exact) mass is 1220 g/mol. The quantitative estimate of drug-likeness (QED) is 0.107. The fourth-order valence-corrected chi connectivity index (χ4v) is 10.1. The first-order chi connectivity index (χ1) is 41.7.